The second kappa shape index (κ2) is 5.33. The highest BCUT2D eigenvalue weighted by molar-refractivity contribution is 9.10. The van der Waals surface area contributed by atoms with Crippen molar-refractivity contribution >= 4 is 27.3 Å². The van der Waals surface area contributed by atoms with Gasteiger partial charge >= 0.3 is 0 Å². The van der Waals surface area contributed by atoms with Gasteiger partial charge in [0.25, 0.3) is 0 Å². The van der Waals surface area contributed by atoms with E-state index in [1.807, 2.05) is 11.6 Å². The number of aromatic nitrogens is 2. The minimum Gasteiger partial charge on any atom is -0.396 e. The third-order valence-electron chi connectivity index (χ3n) is 2.78. The first-order chi connectivity index (χ1) is 8.11. The maximum absolute atomic E-state index is 9.37. The zero-order chi connectivity index (χ0) is 12.4. The van der Waals surface area contributed by atoms with Gasteiger partial charge in [0.2, 0.25) is 0 Å². The molecule has 0 aromatic carbocycles. The van der Waals surface area contributed by atoms with Gasteiger partial charge in [-0.25, -0.2) is 4.98 Å². The fraction of sp³-hybridized carbons (Fsp3) is 0.417. The molecule has 2 aromatic rings. The standard InChI is InChI=1S/C12H15BrN2OS/c1-7(2)9(5-16)12-14-4-10(15-12)11-3-8(13)6-17-11/h3-4,6-7,9,16H,5H2,1-2H3,(H,14,15). The van der Waals surface area contributed by atoms with Gasteiger partial charge < -0.3 is 10.1 Å². The summed E-state index contributed by atoms with van der Waals surface area (Å²) in [6.07, 6.45) is 1.83. The van der Waals surface area contributed by atoms with Crippen LogP contribution in [0.5, 0.6) is 0 Å². The molecular weight excluding hydrogens is 300 g/mol. The number of aromatic amines is 1. The van der Waals surface area contributed by atoms with Crippen LogP contribution >= 0.6 is 27.3 Å². The van der Waals surface area contributed by atoms with Crippen LogP contribution in [0.15, 0.2) is 22.1 Å². The highest BCUT2D eigenvalue weighted by Gasteiger charge is 2.18. The van der Waals surface area contributed by atoms with Gasteiger partial charge in [0.05, 0.1) is 23.4 Å². The van der Waals surface area contributed by atoms with Crippen LogP contribution in [-0.4, -0.2) is 21.7 Å². The monoisotopic (exact) mass is 314 g/mol. The van der Waals surface area contributed by atoms with E-state index in [1.165, 1.54) is 0 Å². The summed E-state index contributed by atoms with van der Waals surface area (Å²) >= 11 is 5.10. The number of aliphatic hydroxyl groups excluding tert-OH is 1. The number of thiophene rings is 1. The molecule has 1 atom stereocenters. The van der Waals surface area contributed by atoms with E-state index in [1.54, 1.807) is 11.3 Å². The third kappa shape index (κ3) is 2.78. The Labute approximate surface area is 113 Å². The lowest BCUT2D eigenvalue weighted by Gasteiger charge is -2.15. The van der Waals surface area contributed by atoms with Gasteiger partial charge in [-0.2, -0.15) is 0 Å². The molecule has 0 bridgehead atoms. The molecule has 3 nitrogen and oxygen atoms in total. The average Bonchev–Trinajstić information content (AvgIpc) is 2.87. The third-order valence-corrected chi connectivity index (χ3v) is 4.51. The van der Waals surface area contributed by atoms with Gasteiger partial charge in [-0.15, -0.1) is 11.3 Å². The molecular formula is C12H15BrN2OS. The molecule has 2 aromatic heterocycles. The second-order valence-electron chi connectivity index (χ2n) is 4.34. The molecule has 5 heteroatoms. The number of rotatable bonds is 4. The Bertz CT molecular complexity index is 492. The molecule has 92 valence electrons. The molecule has 1 unspecified atom stereocenters. The first kappa shape index (κ1) is 12.8. The van der Waals surface area contributed by atoms with Crippen molar-refractivity contribution in [1.82, 2.24) is 9.97 Å². The minimum atomic E-state index is 0.0761. The molecule has 0 aliphatic heterocycles. The Balaban J connectivity index is 2.26. The fourth-order valence-corrected chi connectivity index (χ4v) is 3.11. The first-order valence-electron chi connectivity index (χ1n) is 5.52. The Morgan fingerprint density at radius 2 is 2.29 bits per heavy atom. The molecule has 2 rings (SSSR count). The number of hydrogen-bond acceptors (Lipinski definition) is 3. The molecule has 0 saturated heterocycles. The normalized spacial score (nSPS) is 13.2. The van der Waals surface area contributed by atoms with Crippen LogP contribution in [0, 0.1) is 5.92 Å². The first-order valence-corrected chi connectivity index (χ1v) is 7.19. The number of aliphatic hydroxyl groups is 1. The lowest BCUT2D eigenvalue weighted by atomic mass is 9.96. The van der Waals surface area contributed by atoms with E-state index in [0.29, 0.717) is 5.92 Å². The van der Waals surface area contributed by atoms with Crippen LogP contribution in [0.2, 0.25) is 0 Å². The van der Waals surface area contributed by atoms with E-state index in [9.17, 15) is 5.11 Å². The van der Waals surface area contributed by atoms with Crippen LogP contribution in [0.4, 0.5) is 0 Å². The topological polar surface area (TPSA) is 48.9 Å². The molecule has 0 aliphatic rings. The van der Waals surface area contributed by atoms with E-state index < -0.39 is 0 Å². The van der Waals surface area contributed by atoms with Crippen LogP contribution < -0.4 is 0 Å². The zero-order valence-electron chi connectivity index (χ0n) is 9.77. The number of halogens is 1. The molecule has 0 saturated carbocycles. The van der Waals surface area contributed by atoms with Crippen molar-refractivity contribution < 1.29 is 5.11 Å². The highest BCUT2D eigenvalue weighted by Crippen LogP contribution is 2.30. The fourth-order valence-electron chi connectivity index (χ4n) is 1.72. The Morgan fingerprint density at radius 3 is 2.82 bits per heavy atom. The van der Waals surface area contributed by atoms with Crippen LogP contribution in [-0.2, 0) is 0 Å². The lowest BCUT2D eigenvalue weighted by Crippen LogP contribution is -2.12. The van der Waals surface area contributed by atoms with Crippen LogP contribution in [0.3, 0.4) is 0 Å². The molecule has 17 heavy (non-hydrogen) atoms. The summed E-state index contributed by atoms with van der Waals surface area (Å²) < 4.78 is 1.08. The smallest absolute Gasteiger partial charge is 0.112 e. The summed E-state index contributed by atoms with van der Waals surface area (Å²) in [4.78, 5) is 8.81. The molecule has 2 N–H and O–H groups in total. The van der Waals surface area contributed by atoms with Gasteiger partial charge in [-0.05, 0) is 27.9 Å². The summed E-state index contributed by atoms with van der Waals surface area (Å²) in [5.41, 5.74) is 1.01. The number of nitrogens with one attached hydrogen (secondary N) is 1. The van der Waals surface area contributed by atoms with Gasteiger partial charge in [0, 0.05) is 15.8 Å². The van der Waals surface area contributed by atoms with Crippen molar-refractivity contribution in [3.05, 3.63) is 27.9 Å². The average molecular weight is 315 g/mol. The van der Waals surface area contributed by atoms with Crippen molar-refractivity contribution in [2.24, 2.45) is 5.92 Å². The largest absolute Gasteiger partial charge is 0.396 e. The Hall–Kier alpha value is -0.650. The van der Waals surface area contributed by atoms with Crippen LogP contribution in [0.1, 0.15) is 25.6 Å². The maximum atomic E-state index is 9.37. The lowest BCUT2D eigenvalue weighted by molar-refractivity contribution is 0.232. The second-order valence-corrected chi connectivity index (χ2v) is 6.17. The van der Waals surface area contributed by atoms with E-state index in [0.717, 1.165) is 20.9 Å². The molecule has 0 radical (unpaired) electrons. The summed E-state index contributed by atoms with van der Waals surface area (Å²) in [7, 11) is 0. The Kier molecular flexibility index (Phi) is 4.01. The van der Waals surface area contributed by atoms with E-state index in [4.69, 9.17) is 0 Å². The summed E-state index contributed by atoms with van der Waals surface area (Å²) in [6, 6.07) is 2.06. The maximum Gasteiger partial charge on any atom is 0.112 e. The summed E-state index contributed by atoms with van der Waals surface area (Å²) in [5.74, 6) is 1.31. The SMILES string of the molecule is CC(C)C(CO)c1ncc(-c2cc(Br)cs2)[nH]1. The number of nitrogens with zero attached hydrogens (tertiary/aromatic N) is 1. The Morgan fingerprint density at radius 1 is 1.53 bits per heavy atom. The van der Waals surface area contributed by atoms with Gasteiger partial charge in [-0.3, -0.25) is 0 Å². The minimum absolute atomic E-state index is 0.0761. The van der Waals surface area contributed by atoms with Crippen LogP contribution in [0.25, 0.3) is 10.6 Å². The molecule has 0 fully saturated rings. The quantitative estimate of drug-likeness (QED) is 0.905. The van der Waals surface area contributed by atoms with Crippen molar-refractivity contribution in [2.75, 3.05) is 6.61 Å². The van der Waals surface area contributed by atoms with Crippen molar-refractivity contribution in [3.63, 3.8) is 0 Å². The van der Waals surface area contributed by atoms with Gasteiger partial charge in [-0.1, -0.05) is 13.8 Å². The van der Waals surface area contributed by atoms with Gasteiger partial charge in [0.15, 0.2) is 0 Å². The molecule has 0 amide bonds. The summed E-state index contributed by atoms with van der Waals surface area (Å²) in [6.45, 7) is 4.30. The van der Waals surface area contributed by atoms with E-state index in [-0.39, 0.29) is 12.5 Å². The number of H-pyrrole nitrogens is 1. The van der Waals surface area contributed by atoms with E-state index in [2.05, 4.69) is 45.8 Å². The predicted molar refractivity (Wildman–Crippen MR) is 74.3 cm³/mol. The predicted octanol–water partition coefficient (Wildman–Crippen LogP) is 3.63. The highest BCUT2D eigenvalue weighted by atomic mass is 79.9. The molecule has 2 heterocycles. The molecule has 0 spiro atoms. The van der Waals surface area contributed by atoms with Crippen molar-refractivity contribution in [2.45, 2.75) is 19.8 Å². The van der Waals surface area contributed by atoms with Crippen molar-refractivity contribution in [1.29, 1.82) is 0 Å². The molecule has 0 aliphatic carbocycles. The number of hydrogen-bond donors (Lipinski definition) is 2. The van der Waals surface area contributed by atoms with Crippen molar-refractivity contribution in [3.8, 4) is 10.6 Å². The van der Waals surface area contributed by atoms with Gasteiger partial charge in [0.1, 0.15) is 5.82 Å². The summed E-state index contributed by atoms with van der Waals surface area (Å²) in [5, 5.41) is 11.4. The van der Waals surface area contributed by atoms with E-state index >= 15 is 0 Å². The number of imidazole rings is 1. The zero-order valence-corrected chi connectivity index (χ0v) is 12.2.